The minimum absolute atomic E-state index is 0.999. The minimum Gasteiger partial charge on any atom is -0.205 e. The van der Waals surface area contributed by atoms with E-state index < -0.39 is 0 Å². The first-order chi connectivity index (χ1) is 13.9. The van der Waals surface area contributed by atoms with Crippen molar-refractivity contribution in [2.24, 2.45) is 0 Å². The van der Waals surface area contributed by atoms with E-state index in [2.05, 4.69) is 119 Å². The van der Waals surface area contributed by atoms with Crippen LogP contribution in [0.15, 0.2) is 110 Å². The maximum absolute atomic E-state index is 2.25. The Kier molecular flexibility index (Phi) is 5.89. The van der Waals surface area contributed by atoms with E-state index in [4.69, 9.17) is 0 Å². The maximum Gasteiger partial charge on any atom is 0.169 e. The summed E-state index contributed by atoms with van der Waals surface area (Å²) in [6.45, 7) is 2.00. The highest BCUT2D eigenvalue weighted by molar-refractivity contribution is 5.60. The molecule has 2 heteroatoms. The molecule has 0 atom stereocenters. The van der Waals surface area contributed by atoms with Crippen LogP contribution >= 0.6 is 0 Å². The molecule has 0 amide bonds. The summed E-state index contributed by atoms with van der Waals surface area (Å²) in [6.07, 6.45) is 10.8. The minimum atomic E-state index is 0.999. The summed E-state index contributed by atoms with van der Waals surface area (Å²) in [4.78, 5) is 0. The number of aromatic nitrogens is 2. The van der Waals surface area contributed by atoms with Crippen molar-refractivity contribution in [2.75, 3.05) is 0 Å². The fraction of sp³-hybridized carbons (Fsp3) is 0.154. The van der Waals surface area contributed by atoms with Gasteiger partial charge in [-0.3, -0.25) is 0 Å². The quantitative estimate of drug-likeness (QED) is 0.428. The summed E-state index contributed by atoms with van der Waals surface area (Å²) < 4.78 is 4.50. The van der Waals surface area contributed by atoms with Gasteiger partial charge in [-0.15, -0.1) is 0 Å². The molecule has 0 aliphatic heterocycles. The highest BCUT2D eigenvalue weighted by Crippen LogP contribution is 2.15. The number of pyridine rings is 2. The number of rotatable bonds is 7. The topological polar surface area (TPSA) is 7.76 Å². The van der Waals surface area contributed by atoms with Crippen molar-refractivity contribution in [3.8, 4) is 11.1 Å². The van der Waals surface area contributed by atoms with Crippen molar-refractivity contribution in [3.63, 3.8) is 0 Å². The third-order valence-electron chi connectivity index (χ3n) is 5.12. The van der Waals surface area contributed by atoms with Gasteiger partial charge in [0, 0.05) is 37.1 Å². The molecule has 0 saturated carbocycles. The lowest BCUT2D eigenvalue weighted by molar-refractivity contribution is -0.696. The molecule has 2 nitrogen and oxygen atoms in total. The average molecular weight is 367 g/mol. The van der Waals surface area contributed by atoms with Crippen molar-refractivity contribution in [1.82, 2.24) is 0 Å². The summed E-state index contributed by atoms with van der Waals surface area (Å²) in [7, 11) is 0. The molecule has 2 aromatic heterocycles. The zero-order valence-electron chi connectivity index (χ0n) is 16.1. The van der Waals surface area contributed by atoms with E-state index in [1.54, 1.807) is 0 Å². The Morgan fingerprint density at radius 3 is 1.14 bits per heavy atom. The Morgan fingerprint density at radius 2 is 0.786 bits per heavy atom. The van der Waals surface area contributed by atoms with E-state index in [1.165, 1.54) is 22.3 Å². The molecule has 138 valence electrons. The second-order valence-electron chi connectivity index (χ2n) is 7.12. The Morgan fingerprint density at radius 1 is 0.429 bits per heavy atom. The number of hydrogen-bond acceptors (Lipinski definition) is 0. The second kappa shape index (κ2) is 9.09. The van der Waals surface area contributed by atoms with Crippen LogP contribution in [0.4, 0.5) is 0 Å². The van der Waals surface area contributed by atoms with Crippen LogP contribution in [0, 0.1) is 0 Å². The fourth-order valence-electron chi connectivity index (χ4n) is 3.40. The predicted octanol–water partition coefficient (Wildman–Crippen LogP) is 4.41. The number of aryl methyl sites for hydroxylation is 4. The third kappa shape index (κ3) is 4.92. The van der Waals surface area contributed by atoms with E-state index in [0.717, 1.165) is 25.9 Å². The molecule has 4 aromatic rings. The van der Waals surface area contributed by atoms with Gasteiger partial charge < -0.3 is 0 Å². The lowest BCUT2D eigenvalue weighted by atomic mass is 10.1. The molecule has 0 radical (unpaired) electrons. The summed E-state index contributed by atoms with van der Waals surface area (Å²) in [5, 5.41) is 0. The molecule has 2 aromatic carbocycles. The molecule has 0 aliphatic carbocycles. The molecule has 4 rings (SSSR count). The van der Waals surface area contributed by atoms with Crippen molar-refractivity contribution in [2.45, 2.75) is 25.9 Å². The molecule has 0 fully saturated rings. The summed E-state index contributed by atoms with van der Waals surface area (Å²) in [6, 6.07) is 30.1. The molecule has 0 saturated heterocycles. The molecule has 2 heterocycles. The van der Waals surface area contributed by atoms with Crippen molar-refractivity contribution in [3.05, 3.63) is 121 Å². The zero-order chi connectivity index (χ0) is 19.0. The molecular weight excluding hydrogens is 340 g/mol. The summed E-state index contributed by atoms with van der Waals surface area (Å²) in [5.41, 5.74) is 5.27. The Balaban J connectivity index is 1.34. The van der Waals surface area contributed by atoms with Gasteiger partial charge in [0.2, 0.25) is 0 Å². The largest absolute Gasteiger partial charge is 0.205 e. The van der Waals surface area contributed by atoms with Gasteiger partial charge in [-0.05, 0) is 22.3 Å². The van der Waals surface area contributed by atoms with Crippen LogP contribution in [0.1, 0.15) is 11.1 Å². The number of hydrogen-bond donors (Lipinski definition) is 0. The lowest BCUT2D eigenvalue weighted by Crippen LogP contribution is -2.34. The highest BCUT2D eigenvalue weighted by Gasteiger charge is 2.06. The van der Waals surface area contributed by atoms with Gasteiger partial charge in [0.05, 0.1) is 0 Å². The smallest absolute Gasteiger partial charge is 0.169 e. The maximum atomic E-state index is 2.25. The number of benzene rings is 2. The zero-order valence-corrected chi connectivity index (χ0v) is 16.1. The summed E-state index contributed by atoms with van der Waals surface area (Å²) in [5.74, 6) is 0. The highest BCUT2D eigenvalue weighted by atomic mass is 14.9. The Labute approximate surface area is 167 Å². The molecule has 0 aliphatic rings. The van der Waals surface area contributed by atoms with Gasteiger partial charge in [0.1, 0.15) is 0 Å². The van der Waals surface area contributed by atoms with E-state index in [-0.39, 0.29) is 0 Å². The first-order valence-electron chi connectivity index (χ1n) is 9.93. The first kappa shape index (κ1) is 18.1. The summed E-state index contributed by atoms with van der Waals surface area (Å²) >= 11 is 0. The molecule has 0 unspecified atom stereocenters. The lowest BCUT2D eigenvalue weighted by Gasteiger charge is -2.02. The van der Waals surface area contributed by atoms with Crippen molar-refractivity contribution >= 4 is 0 Å². The van der Waals surface area contributed by atoms with Crippen LogP contribution in [-0.4, -0.2) is 0 Å². The van der Waals surface area contributed by atoms with Crippen LogP contribution < -0.4 is 9.13 Å². The van der Waals surface area contributed by atoms with Gasteiger partial charge in [-0.1, -0.05) is 60.7 Å². The van der Waals surface area contributed by atoms with E-state index >= 15 is 0 Å². The third-order valence-corrected chi connectivity index (χ3v) is 5.12. The van der Waals surface area contributed by atoms with Crippen LogP contribution in [-0.2, 0) is 25.9 Å². The Hall–Kier alpha value is -3.26. The number of nitrogens with zero attached hydrogens (tertiary/aromatic N) is 2. The monoisotopic (exact) mass is 366 g/mol. The van der Waals surface area contributed by atoms with Gasteiger partial charge in [-0.2, -0.15) is 0 Å². The van der Waals surface area contributed by atoms with Gasteiger partial charge in [-0.25, -0.2) is 9.13 Å². The second-order valence-corrected chi connectivity index (χ2v) is 7.12. The van der Waals surface area contributed by atoms with Crippen molar-refractivity contribution in [1.29, 1.82) is 0 Å². The van der Waals surface area contributed by atoms with Crippen LogP contribution in [0.2, 0.25) is 0 Å². The molecule has 0 N–H and O–H groups in total. The SMILES string of the molecule is c1ccc(CC[n+]2ccc(-c3cc[n+](CCc4ccccc4)cc3)cc2)cc1. The van der Waals surface area contributed by atoms with Gasteiger partial charge in [0.25, 0.3) is 0 Å². The standard InChI is InChI=1S/C26H26N2/c1-3-7-23(8-4-1)11-17-27-19-13-25(14-20-27)26-15-21-28(22-16-26)18-12-24-9-5-2-6-10-24/h1-10,13-16,19-22H,11-12,17-18H2/q+2. The average Bonchev–Trinajstić information content (AvgIpc) is 2.78. The molecule has 0 bridgehead atoms. The van der Waals surface area contributed by atoms with Gasteiger partial charge >= 0.3 is 0 Å². The van der Waals surface area contributed by atoms with E-state index in [0.29, 0.717) is 0 Å². The first-order valence-corrected chi connectivity index (χ1v) is 9.93. The van der Waals surface area contributed by atoms with E-state index in [9.17, 15) is 0 Å². The Bertz CT molecular complexity index is 891. The fourth-order valence-corrected chi connectivity index (χ4v) is 3.40. The van der Waals surface area contributed by atoms with E-state index in [1.807, 2.05) is 0 Å². The molecular formula is C26H26N2+2. The van der Waals surface area contributed by atoms with Crippen molar-refractivity contribution < 1.29 is 9.13 Å². The van der Waals surface area contributed by atoms with Crippen LogP contribution in [0.3, 0.4) is 0 Å². The molecule has 28 heavy (non-hydrogen) atoms. The predicted molar refractivity (Wildman–Crippen MR) is 113 cm³/mol. The van der Waals surface area contributed by atoms with Gasteiger partial charge in [0.15, 0.2) is 37.9 Å². The van der Waals surface area contributed by atoms with Crippen LogP contribution in [0.25, 0.3) is 11.1 Å². The normalized spacial score (nSPS) is 10.7. The molecule has 0 spiro atoms. The van der Waals surface area contributed by atoms with Crippen LogP contribution in [0.5, 0.6) is 0 Å².